The fourth-order valence-electron chi connectivity index (χ4n) is 1.40. The zero-order valence-electron chi connectivity index (χ0n) is 11.4. The van der Waals surface area contributed by atoms with E-state index in [4.69, 9.17) is 13.8 Å². The lowest BCUT2D eigenvalue weighted by Gasteiger charge is -2.19. The Morgan fingerprint density at radius 3 is 2.29 bits per heavy atom. The van der Waals surface area contributed by atoms with Gasteiger partial charge in [0.2, 0.25) is 0 Å². The van der Waals surface area contributed by atoms with Crippen LogP contribution in [0.3, 0.4) is 0 Å². The number of ether oxygens (including phenoxy) is 1. The second kappa shape index (κ2) is 10.0. The topological polar surface area (TPSA) is 56.8 Å². The van der Waals surface area contributed by atoms with Gasteiger partial charge >= 0.3 is 7.60 Å². The van der Waals surface area contributed by atoms with Gasteiger partial charge in [0.15, 0.2) is 0 Å². The molecule has 0 aliphatic heterocycles. The summed E-state index contributed by atoms with van der Waals surface area (Å²) in [6, 6.07) is 0.339. The molecule has 0 aromatic carbocycles. The van der Waals surface area contributed by atoms with Crippen molar-refractivity contribution in [3.8, 4) is 0 Å². The lowest BCUT2D eigenvalue weighted by atomic mass is 10.2. The third kappa shape index (κ3) is 8.75. The van der Waals surface area contributed by atoms with Gasteiger partial charge in [-0.3, -0.25) is 4.57 Å². The molecule has 0 aliphatic rings. The van der Waals surface area contributed by atoms with E-state index in [-0.39, 0.29) is 0 Å². The van der Waals surface area contributed by atoms with E-state index in [1.54, 1.807) is 7.11 Å². The highest BCUT2D eigenvalue weighted by Crippen LogP contribution is 2.47. The zero-order valence-corrected chi connectivity index (χ0v) is 12.3. The molecule has 0 saturated heterocycles. The minimum Gasteiger partial charge on any atom is -0.385 e. The highest BCUT2D eigenvalue weighted by Gasteiger charge is 2.22. The van der Waals surface area contributed by atoms with Gasteiger partial charge in [0.05, 0.1) is 19.4 Å². The molecule has 0 bridgehead atoms. The largest absolute Gasteiger partial charge is 0.385 e. The van der Waals surface area contributed by atoms with Crippen LogP contribution in [-0.2, 0) is 18.3 Å². The summed E-state index contributed by atoms with van der Waals surface area (Å²) in [5, 5.41) is 3.28. The Labute approximate surface area is 105 Å². The Hall–Kier alpha value is 0.0700. The van der Waals surface area contributed by atoms with Crippen molar-refractivity contribution in [1.29, 1.82) is 0 Å². The quantitative estimate of drug-likeness (QED) is 0.582. The number of methoxy groups -OCH3 is 1. The van der Waals surface area contributed by atoms with Crippen LogP contribution in [0.1, 0.15) is 27.2 Å². The number of hydrogen-bond acceptors (Lipinski definition) is 5. The summed E-state index contributed by atoms with van der Waals surface area (Å²) in [5.74, 6) is 0. The molecule has 6 heteroatoms. The molecule has 0 fully saturated rings. The van der Waals surface area contributed by atoms with E-state index in [1.807, 2.05) is 13.8 Å². The van der Waals surface area contributed by atoms with Crippen LogP contribution in [0.25, 0.3) is 0 Å². The zero-order chi connectivity index (χ0) is 13.1. The van der Waals surface area contributed by atoms with Gasteiger partial charge in [-0.25, -0.2) is 0 Å². The van der Waals surface area contributed by atoms with Crippen LogP contribution in [0.4, 0.5) is 0 Å². The van der Waals surface area contributed by atoms with Crippen LogP contribution >= 0.6 is 7.60 Å². The highest BCUT2D eigenvalue weighted by molar-refractivity contribution is 7.53. The summed E-state index contributed by atoms with van der Waals surface area (Å²) in [4.78, 5) is 0. The Bertz CT molecular complexity index is 216. The predicted molar refractivity (Wildman–Crippen MR) is 69.7 cm³/mol. The van der Waals surface area contributed by atoms with Crippen LogP contribution < -0.4 is 5.32 Å². The Morgan fingerprint density at radius 1 is 1.24 bits per heavy atom. The Balaban J connectivity index is 3.85. The molecule has 17 heavy (non-hydrogen) atoms. The molecule has 0 rings (SSSR count). The van der Waals surface area contributed by atoms with Gasteiger partial charge in [-0.1, -0.05) is 0 Å². The summed E-state index contributed by atoms with van der Waals surface area (Å²) in [6.45, 7) is 7.89. The van der Waals surface area contributed by atoms with Gasteiger partial charge in [0.1, 0.15) is 0 Å². The summed E-state index contributed by atoms with van der Waals surface area (Å²) in [6.07, 6.45) is 1.34. The first-order valence-electron chi connectivity index (χ1n) is 6.18. The third-order valence-corrected chi connectivity index (χ3v) is 4.36. The van der Waals surface area contributed by atoms with Gasteiger partial charge in [0.25, 0.3) is 0 Å². The van der Waals surface area contributed by atoms with E-state index in [2.05, 4.69) is 12.2 Å². The maximum absolute atomic E-state index is 12.1. The molecule has 0 aromatic rings. The molecule has 1 atom stereocenters. The standard InChI is InChI=1S/C11H26NO4P/c1-5-15-17(13,16-6-2)10-8-12-11(3)7-9-14-4/h11-12H,5-10H2,1-4H3. The van der Waals surface area contributed by atoms with Crippen molar-refractivity contribution < 1.29 is 18.3 Å². The first kappa shape index (κ1) is 17.1. The number of hydrogen-bond donors (Lipinski definition) is 1. The molecule has 1 N–H and O–H groups in total. The van der Waals surface area contributed by atoms with E-state index in [1.165, 1.54) is 0 Å². The molecular weight excluding hydrogens is 241 g/mol. The van der Waals surface area contributed by atoms with Crippen LogP contribution in [0.15, 0.2) is 0 Å². The predicted octanol–water partition coefficient (Wildman–Crippen LogP) is 2.27. The molecule has 0 heterocycles. The molecule has 0 aromatic heterocycles. The Kier molecular flexibility index (Phi) is 10.1. The van der Waals surface area contributed by atoms with Gasteiger partial charge in [0, 0.05) is 26.3 Å². The monoisotopic (exact) mass is 267 g/mol. The van der Waals surface area contributed by atoms with Gasteiger partial charge < -0.3 is 19.1 Å². The van der Waals surface area contributed by atoms with Crippen molar-refractivity contribution in [2.24, 2.45) is 0 Å². The fourth-order valence-corrected chi connectivity index (χ4v) is 2.93. The second-order valence-electron chi connectivity index (χ2n) is 3.81. The average molecular weight is 267 g/mol. The lowest BCUT2D eigenvalue weighted by molar-refractivity contribution is 0.185. The van der Waals surface area contributed by atoms with E-state index in [9.17, 15) is 4.57 Å². The maximum Gasteiger partial charge on any atom is 0.331 e. The van der Waals surface area contributed by atoms with Gasteiger partial charge in [-0.05, 0) is 27.2 Å². The number of rotatable bonds is 11. The molecule has 0 aliphatic carbocycles. The first-order valence-corrected chi connectivity index (χ1v) is 7.91. The molecule has 0 spiro atoms. The molecule has 0 saturated carbocycles. The van der Waals surface area contributed by atoms with Crippen LogP contribution in [0.2, 0.25) is 0 Å². The molecule has 0 amide bonds. The maximum atomic E-state index is 12.1. The molecule has 1 unspecified atom stereocenters. The lowest BCUT2D eigenvalue weighted by Crippen LogP contribution is -2.30. The molecule has 5 nitrogen and oxygen atoms in total. The summed E-state index contributed by atoms with van der Waals surface area (Å²) in [5.41, 5.74) is 0. The fraction of sp³-hybridized carbons (Fsp3) is 1.00. The third-order valence-electron chi connectivity index (χ3n) is 2.29. The summed E-state index contributed by atoms with van der Waals surface area (Å²) < 4.78 is 27.5. The smallest absolute Gasteiger partial charge is 0.331 e. The summed E-state index contributed by atoms with van der Waals surface area (Å²) in [7, 11) is -1.21. The van der Waals surface area contributed by atoms with Crippen molar-refractivity contribution in [2.45, 2.75) is 33.2 Å². The number of nitrogens with one attached hydrogen (secondary N) is 1. The first-order chi connectivity index (χ1) is 8.08. The highest BCUT2D eigenvalue weighted by atomic mass is 31.2. The van der Waals surface area contributed by atoms with Crippen molar-refractivity contribution in [2.75, 3.05) is 39.6 Å². The van der Waals surface area contributed by atoms with E-state index < -0.39 is 7.60 Å². The molecule has 104 valence electrons. The minimum absolute atomic E-state index is 0.339. The van der Waals surface area contributed by atoms with Crippen molar-refractivity contribution in [1.82, 2.24) is 5.32 Å². The summed E-state index contributed by atoms with van der Waals surface area (Å²) >= 11 is 0. The van der Waals surface area contributed by atoms with Crippen molar-refractivity contribution >= 4 is 7.60 Å². The van der Waals surface area contributed by atoms with Crippen LogP contribution in [0.5, 0.6) is 0 Å². The van der Waals surface area contributed by atoms with E-state index in [0.29, 0.717) is 32.0 Å². The minimum atomic E-state index is -2.90. The van der Waals surface area contributed by atoms with Crippen LogP contribution in [0, 0.1) is 0 Å². The second-order valence-corrected chi connectivity index (χ2v) is 5.99. The van der Waals surface area contributed by atoms with E-state index in [0.717, 1.165) is 13.0 Å². The average Bonchev–Trinajstić information content (AvgIpc) is 2.27. The SMILES string of the molecule is CCOP(=O)(CCNC(C)CCOC)OCC. The van der Waals surface area contributed by atoms with Gasteiger partial charge in [-0.2, -0.15) is 0 Å². The van der Waals surface area contributed by atoms with E-state index >= 15 is 0 Å². The van der Waals surface area contributed by atoms with Crippen molar-refractivity contribution in [3.63, 3.8) is 0 Å². The van der Waals surface area contributed by atoms with Crippen molar-refractivity contribution in [3.05, 3.63) is 0 Å². The Morgan fingerprint density at radius 2 is 1.82 bits per heavy atom. The molecule has 0 radical (unpaired) electrons. The van der Waals surface area contributed by atoms with Gasteiger partial charge in [-0.15, -0.1) is 0 Å². The normalized spacial score (nSPS) is 13.9. The van der Waals surface area contributed by atoms with Crippen LogP contribution in [-0.4, -0.2) is 45.7 Å². The molecular formula is C11H26NO4P.